The minimum Gasteiger partial charge on any atom is -0.338 e. The zero-order valence-electron chi connectivity index (χ0n) is 12.3. The highest BCUT2D eigenvalue weighted by atomic mass is 16.2. The van der Waals surface area contributed by atoms with Crippen LogP contribution in [0, 0.1) is 5.92 Å². The zero-order valence-corrected chi connectivity index (χ0v) is 12.3. The van der Waals surface area contributed by atoms with Crippen LogP contribution < -0.4 is 10.6 Å². The Morgan fingerprint density at radius 1 is 1.21 bits per heavy atom. The maximum atomic E-state index is 11.5. The largest absolute Gasteiger partial charge is 0.338 e. The monoisotopic (exact) mass is 268 g/mol. The molecule has 0 aromatic rings. The van der Waals surface area contributed by atoms with E-state index >= 15 is 0 Å². The Morgan fingerprint density at radius 2 is 1.84 bits per heavy atom. The van der Waals surface area contributed by atoms with Crippen LogP contribution in [-0.4, -0.2) is 67.7 Å². The normalized spacial score (nSPS) is 23.1. The summed E-state index contributed by atoms with van der Waals surface area (Å²) in [6.45, 7) is 12.1. The summed E-state index contributed by atoms with van der Waals surface area (Å²) in [5.41, 5.74) is 0. The smallest absolute Gasteiger partial charge is 0.315 e. The lowest BCUT2D eigenvalue weighted by atomic mass is 10.1. The van der Waals surface area contributed by atoms with Crippen molar-refractivity contribution in [2.75, 3.05) is 45.8 Å². The van der Waals surface area contributed by atoms with Crippen LogP contribution in [0.3, 0.4) is 0 Å². The van der Waals surface area contributed by atoms with Crippen molar-refractivity contribution < 1.29 is 4.79 Å². The van der Waals surface area contributed by atoms with Gasteiger partial charge >= 0.3 is 6.03 Å². The van der Waals surface area contributed by atoms with E-state index in [0.717, 1.165) is 45.6 Å². The molecule has 5 heteroatoms. The summed E-state index contributed by atoms with van der Waals surface area (Å²) in [7, 11) is 0. The number of likely N-dealkylation sites (N-methyl/N-ethyl adjacent to an activating group) is 1. The van der Waals surface area contributed by atoms with Crippen LogP contribution >= 0.6 is 0 Å². The van der Waals surface area contributed by atoms with E-state index in [9.17, 15) is 4.79 Å². The minimum absolute atomic E-state index is 0.00477. The molecule has 1 atom stereocenters. The average Bonchev–Trinajstić information content (AvgIpc) is 3.21. The van der Waals surface area contributed by atoms with Gasteiger partial charge in [0.1, 0.15) is 0 Å². The first-order chi connectivity index (χ1) is 9.17. The van der Waals surface area contributed by atoms with E-state index in [2.05, 4.69) is 34.3 Å². The molecule has 19 heavy (non-hydrogen) atoms. The quantitative estimate of drug-likeness (QED) is 0.746. The average molecular weight is 268 g/mol. The molecular formula is C14H28N4O. The SMILES string of the molecule is CCN1CCN(CC(C)CNC(=O)NC2CC2)CC1. The minimum atomic E-state index is 0.00477. The Labute approximate surface area is 116 Å². The van der Waals surface area contributed by atoms with Crippen LogP contribution in [0.1, 0.15) is 26.7 Å². The summed E-state index contributed by atoms with van der Waals surface area (Å²) in [6.07, 6.45) is 2.29. The molecule has 1 aliphatic carbocycles. The molecule has 0 aromatic heterocycles. The van der Waals surface area contributed by atoms with Crippen molar-refractivity contribution >= 4 is 6.03 Å². The van der Waals surface area contributed by atoms with Crippen molar-refractivity contribution in [1.29, 1.82) is 0 Å². The van der Waals surface area contributed by atoms with Gasteiger partial charge in [0.25, 0.3) is 0 Å². The molecule has 1 saturated carbocycles. The first kappa shape index (κ1) is 14.6. The van der Waals surface area contributed by atoms with Gasteiger partial charge in [0.05, 0.1) is 0 Å². The lowest BCUT2D eigenvalue weighted by molar-refractivity contribution is 0.124. The second-order valence-electron chi connectivity index (χ2n) is 5.97. The van der Waals surface area contributed by atoms with E-state index in [1.807, 2.05) is 0 Å². The summed E-state index contributed by atoms with van der Waals surface area (Å²) in [5.74, 6) is 0.512. The molecule has 0 spiro atoms. The number of nitrogens with one attached hydrogen (secondary N) is 2. The summed E-state index contributed by atoms with van der Waals surface area (Å²) in [4.78, 5) is 16.5. The van der Waals surface area contributed by atoms with Crippen LogP contribution in [0.4, 0.5) is 4.79 Å². The molecule has 1 saturated heterocycles. The molecule has 2 aliphatic rings. The van der Waals surface area contributed by atoms with Gasteiger partial charge in [0.15, 0.2) is 0 Å². The van der Waals surface area contributed by atoms with Crippen molar-refractivity contribution in [3.8, 4) is 0 Å². The second-order valence-corrected chi connectivity index (χ2v) is 5.97. The third-order valence-corrected chi connectivity index (χ3v) is 4.01. The van der Waals surface area contributed by atoms with Crippen molar-refractivity contribution in [1.82, 2.24) is 20.4 Å². The lowest BCUT2D eigenvalue weighted by Crippen LogP contribution is -2.48. The summed E-state index contributed by atoms with van der Waals surface area (Å²) < 4.78 is 0. The fraction of sp³-hybridized carbons (Fsp3) is 0.929. The molecule has 1 aliphatic heterocycles. The number of amides is 2. The highest BCUT2D eigenvalue weighted by Gasteiger charge is 2.23. The third-order valence-electron chi connectivity index (χ3n) is 4.01. The van der Waals surface area contributed by atoms with Crippen LogP contribution in [0.15, 0.2) is 0 Å². The zero-order chi connectivity index (χ0) is 13.7. The van der Waals surface area contributed by atoms with Crippen LogP contribution in [0.5, 0.6) is 0 Å². The Hall–Kier alpha value is -0.810. The maximum absolute atomic E-state index is 11.5. The molecule has 0 radical (unpaired) electrons. The first-order valence-electron chi connectivity index (χ1n) is 7.66. The molecule has 110 valence electrons. The predicted molar refractivity (Wildman–Crippen MR) is 77.3 cm³/mol. The topological polar surface area (TPSA) is 47.6 Å². The summed E-state index contributed by atoms with van der Waals surface area (Å²) in [6, 6.07) is 0.447. The molecule has 2 N–H and O–H groups in total. The van der Waals surface area contributed by atoms with Gasteiger partial charge in [0, 0.05) is 45.3 Å². The molecule has 1 heterocycles. The first-order valence-corrected chi connectivity index (χ1v) is 7.66. The number of carbonyl (C=O) groups is 1. The molecule has 5 nitrogen and oxygen atoms in total. The van der Waals surface area contributed by atoms with Gasteiger partial charge in [-0.1, -0.05) is 13.8 Å². The molecule has 2 amide bonds. The number of rotatable bonds is 6. The van der Waals surface area contributed by atoms with Crippen molar-refractivity contribution in [3.05, 3.63) is 0 Å². The van der Waals surface area contributed by atoms with E-state index < -0.39 is 0 Å². The second kappa shape index (κ2) is 7.10. The van der Waals surface area contributed by atoms with Gasteiger partial charge in [-0.15, -0.1) is 0 Å². The Kier molecular flexibility index (Phi) is 5.45. The maximum Gasteiger partial charge on any atom is 0.315 e. The summed E-state index contributed by atoms with van der Waals surface area (Å²) >= 11 is 0. The van der Waals surface area contributed by atoms with Gasteiger partial charge < -0.3 is 20.4 Å². The Bertz CT molecular complexity index is 285. The summed E-state index contributed by atoms with van der Waals surface area (Å²) in [5, 5.41) is 5.93. The van der Waals surface area contributed by atoms with Crippen molar-refractivity contribution in [2.24, 2.45) is 5.92 Å². The molecule has 0 bridgehead atoms. The van der Waals surface area contributed by atoms with Gasteiger partial charge in [-0.25, -0.2) is 4.79 Å². The third kappa shape index (κ3) is 5.37. The number of hydrogen-bond acceptors (Lipinski definition) is 3. The molecular weight excluding hydrogens is 240 g/mol. The van der Waals surface area contributed by atoms with Crippen molar-refractivity contribution in [3.63, 3.8) is 0 Å². The van der Waals surface area contributed by atoms with Crippen molar-refractivity contribution in [2.45, 2.75) is 32.7 Å². The van der Waals surface area contributed by atoms with Crippen LogP contribution in [0.25, 0.3) is 0 Å². The van der Waals surface area contributed by atoms with Crippen LogP contribution in [-0.2, 0) is 0 Å². The van der Waals surface area contributed by atoms with Crippen LogP contribution in [0.2, 0.25) is 0 Å². The predicted octanol–water partition coefficient (Wildman–Crippen LogP) is 0.722. The molecule has 0 aromatic carbocycles. The number of nitrogens with zero attached hydrogens (tertiary/aromatic N) is 2. The number of urea groups is 1. The fourth-order valence-corrected chi connectivity index (χ4v) is 2.52. The van der Waals surface area contributed by atoms with E-state index in [4.69, 9.17) is 0 Å². The molecule has 1 unspecified atom stereocenters. The Morgan fingerprint density at radius 3 is 2.42 bits per heavy atom. The van der Waals surface area contributed by atoms with E-state index in [1.165, 1.54) is 13.1 Å². The highest BCUT2D eigenvalue weighted by Crippen LogP contribution is 2.18. The van der Waals surface area contributed by atoms with Gasteiger partial charge in [-0.05, 0) is 25.3 Å². The van der Waals surface area contributed by atoms with E-state index in [-0.39, 0.29) is 6.03 Å². The number of hydrogen-bond donors (Lipinski definition) is 2. The lowest BCUT2D eigenvalue weighted by Gasteiger charge is -2.35. The highest BCUT2D eigenvalue weighted by molar-refractivity contribution is 5.74. The van der Waals surface area contributed by atoms with Gasteiger partial charge in [0.2, 0.25) is 0 Å². The molecule has 2 rings (SSSR count). The van der Waals surface area contributed by atoms with E-state index in [0.29, 0.717) is 12.0 Å². The number of piperazine rings is 1. The van der Waals surface area contributed by atoms with Gasteiger partial charge in [-0.2, -0.15) is 0 Å². The van der Waals surface area contributed by atoms with Gasteiger partial charge in [-0.3, -0.25) is 0 Å². The number of carbonyl (C=O) groups excluding carboxylic acids is 1. The fourth-order valence-electron chi connectivity index (χ4n) is 2.52. The molecule has 2 fully saturated rings. The van der Waals surface area contributed by atoms with E-state index in [1.54, 1.807) is 0 Å². The Balaban J connectivity index is 1.56. The standard InChI is InChI=1S/C14H28N4O/c1-3-17-6-8-18(9-7-17)11-12(2)10-15-14(19)16-13-4-5-13/h12-13H,3-11H2,1-2H3,(H2,15,16,19).